The number of anilines is 1. The number of fused-ring (bicyclic) bond motifs is 1. The van der Waals surface area contributed by atoms with Crippen LogP contribution in [0, 0.1) is 13.8 Å². The SMILES string of the molecule is Cc1nc2ncnn2c(Sc2ccc(NC(=O)c3cccc(Cl)c3)cc2)c1C. The summed E-state index contributed by atoms with van der Waals surface area (Å²) in [5, 5.41) is 8.64. The Morgan fingerprint density at radius 1 is 1.14 bits per heavy atom. The molecular weight excluding hydrogens is 394 g/mol. The molecule has 0 bridgehead atoms. The van der Waals surface area contributed by atoms with Crippen LogP contribution < -0.4 is 5.32 Å². The summed E-state index contributed by atoms with van der Waals surface area (Å²) in [7, 11) is 0. The Kier molecular flexibility index (Phi) is 5.02. The van der Waals surface area contributed by atoms with Gasteiger partial charge in [-0.3, -0.25) is 4.79 Å². The largest absolute Gasteiger partial charge is 0.322 e. The van der Waals surface area contributed by atoms with Crippen molar-refractivity contribution in [2.45, 2.75) is 23.8 Å². The topological polar surface area (TPSA) is 72.2 Å². The van der Waals surface area contributed by atoms with Gasteiger partial charge in [0.25, 0.3) is 11.7 Å². The summed E-state index contributed by atoms with van der Waals surface area (Å²) in [5.41, 5.74) is 3.21. The van der Waals surface area contributed by atoms with Gasteiger partial charge in [-0.2, -0.15) is 14.6 Å². The number of carbonyl (C=O) groups excluding carboxylic acids is 1. The van der Waals surface area contributed by atoms with Crippen molar-refractivity contribution in [3.05, 3.63) is 76.7 Å². The van der Waals surface area contributed by atoms with Crippen molar-refractivity contribution < 1.29 is 4.79 Å². The molecule has 2 aromatic heterocycles. The van der Waals surface area contributed by atoms with E-state index in [-0.39, 0.29) is 5.91 Å². The molecule has 0 aliphatic rings. The van der Waals surface area contributed by atoms with Crippen molar-refractivity contribution in [2.24, 2.45) is 0 Å². The second kappa shape index (κ2) is 7.61. The van der Waals surface area contributed by atoms with Crippen molar-refractivity contribution in [2.75, 3.05) is 5.32 Å². The number of amides is 1. The standard InChI is InChI=1S/C20H16ClN5OS/c1-12-13(2)24-20-22-11-23-26(20)19(12)28-17-8-6-16(7-9-17)25-18(27)14-4-3-5-15(21)10-14/h3-11H,1-2H3,(H,25,27). The molecule has 140 valence electrons. The fourth-order valence-corrected chi connectivity index (χ4v) is 3.87. The molecule has 2 aromatic carbocycles. The Bertz CT molecular complexity index is 1170. The third-order valence-electron chi connectivity index (χ3n) is 4.27. The highest BCUT2D eigenvalue weighted by molar-refractivity contribution is 7.99. The Morgan fingerprint density at radius 2 is 1.93 bits per heavy atom. The van der Waals surface area contributed by atoms with Crippen molar-refractivity contribution in [3.8, 4) is 0 Å². The Labute approximate surface area is 171 Å². The molecular formula is C20H16ClN5OS. The normalized spacial score (nSPS) is 11.0. The van der Waals surface area contributed by atoms with Crippen LogP contribution >= 0.6 is 23.4 Å². The molecule has 0 atom stereocenters. The lowest BCUT2D eigenvalue weighted by Crippen LogP contribution is -2.11. The molecule has 4 rings (SSSR count). The predicted molar refractivity (Wildman–Crippen MR) is 110 cm³/mol. The summed E-state index contributed by atoms with van der Waals surface area (Å²) in [6.45, 7) is 3.98. The first-order valence-electron chi connectivity index (χ1n) is 8.53. The van der Waals surface area contributed by atoms with Crippen LogP contribution in [-0.2, 0) is 0 Å². The van der Waals surface area contributed by atoms with Gasteiger partial charge in [-0.25, -0.2) is 4.98 Å². The minimum absolute atomic E-state index is 0.201. The molecule has 0 fully saturated rings. The lowest BCUT2D eigenvalue weighted by Gasteiger charge is -2.10. The van der Waals surface area contributed by atoms with E-state index in [1.165, 1.54) is 6.33 Å². The van der Waals surface area contributed by atoms with Gasteiger partial charge in [-0.05, 0) is 56.3 Å². The molecule has 0 aliphatic carbocycles. The maximum Gasteiger partial charge on any atom is 0.255 e. The fourth-order valence-electron chi connectivity index (χ4n) is 2.67. The van der Waals surface area contributed by atoms with E-state index in [9.17, 15) is 4.79 Å². The van der Waals surface area contributed by atoms with Gasteiger partial charge in [0.1, 0.15) is 11.4 Å². The molecule has 0 radical (unpaired) electrons. The van der Waals surface area contributed by atoms with E-state index in [1.54, 1.807) is 40.5 Å². The number of aromatic nitrogens is 4. The molecule has 0 saturated heterocycles. The molecule has 0 aliphatic heterocycles. The minimum atomic E-state index is -0.201. The minimum Gasteiger partial charge on any atom is -0.322 e. The molecule has 4 aromatic rings. The summed E-state index contributed by atoms with van der Waals surface area (Å²) in [5.74, 6) is 0.379. The third kappa shape index (κ3) is 3.72. The van der Waals surface area contributed by atoms with E-state index in [1.807, 2.05) is 38.1 Å². The Hall–Kier alpha value is -2.90. The van der Waals surface area contributed by atoms with Crippen LogP contribution in [0.25, 0.3) is 5.78 Å². The second-order valence-corrected chi connectivity index (χ2v) is 7.69. The van der Waals surface area contributed by atoms with Crippen LogP contribution in [0.5, 0.6) is 0 Å². The van der Waals surface area contributed by atoms with Gasteiger partial charge in [0, 0.05) is 32.4 Å². The van der Waals surface area contributed by atoms with Gasteiger partial charge >= 0.3 is 0 Å². The van der Waals surface area contributed by atoms with E-state index < -0.39 is 0 Å². The first-order valence-corrected chi connectivity index (χ1v) is 9.72. The first kappa shape index (κ1) is 18.5. The van der Waals surface area contributed by atoms with Gasteiger partial charge in [-0.1, -0.05) is 29.4 Å². The number of nitrogens with zero attached hydrogens (tertiary/aromatic N) is 4. The Morgan fingerprint density at radius 3 is 2.68 bits per heavy atom. The van der Waals surface area contributed by atoms with E-state index in [2.05, 4.69) is 20.4 Å². The lowest BCUT2D eigenvalue weighted by molar-refractivity contribution is 0.102. The Balaban J connectivity index is 1.54. The van der Waals surface area contributed by atoms with Crippen molar-refractivity contribution >= 4 is 40.7 Å². The molecule has 8 heteroatoms. The average Bonchev–Trinajstić information content (AvgIpc) is 3.14. The maximum atomic E-state index is 12.3. The second-order valence-electron chi connectivity index (χ2n) is 6.19. The molecule has 1 N–H and O–H groups in total. The van der Waals surface area contributed by atoms with Crippen LogP contribution in [0.1, 0.15) is 21.6 Å². The van der Waals surface area contributed by atoms with Crippen molar-refractivity contribution in [1.82, 2.24) is 19.6 Å². The number of benzene rings is 2. The number of rotatable bonds is 4. The fraction of sp³-hybridized carbons (Fsp3) is 0.100. The zero-order chi connectivity index (χ0) is 19.7. The van der Waals surface area contributed by atoms with Crippen molar-refractivity contribution in [3.63, 3.8) is 0 Å². The predicted octanol–water partition coefficient (Wildman–Crippen LogP) is 4.80. The number of aryl methyl sites for hydroxylation is 1. The molecule has 0 saturated carbocycles. The quantitative estimate of drug-likeness (QED) is 0.490. The number of hydrogen-bond donors (Lipinski definition) is 1. The van der Waals surface area contributed by atoms with Crippen LogP contribution in [0.15, 0.2) is 64.8 Å². The monoisotopic (exact) mass is 409 g/mol. The summed E-state index contributed by atoms with van der Waals surface area (Å²) < 4.78 is 1.74. The summed E-state index contributed by atoms with van der Waals surface area (Å²) in [6, 6.07) is 14.5. The van der Waals surface area contributed by atoms with Crippen LogP contribution in [0.4, 0.5) is 5.69 Å². The van der Waals surface area contributed by atoms with Crippen LogP contribution in [0.3, 0.4) is 0 Å². The highest BCUT2D eigenvalue weighted by Gasteiger charge is 2.13. The van der Waals surface area contributed by atoms with Gasteiger partial charge in [0.2, 0.25) is 0 Å². The van der Waals surface area contributed by atoms with Gasteiger partial charge < -0.3 is 5.32 Å². The number of carbonyl (C=O) groups is 1. The van der Waals surface area contributed by atoms with Crippen molar-refractivity contribution in [1.29, 1.82) is 0 Å². The smallest absolute Gasteiger partial charge is 0.255 e. The van der Waals surface area contributed by atoms with Gasteiger partial charge in [0.15, 0.2) is 0 Å². The van der Waals surface area contributed by atoms with Gasteiger partial charge in [-0.15, -0.1) is 0 Å². The first-order chi connectivity index (χ1) is 13.5. The van der Waals surface area contributed by atoms with Crippen LogP contribution in [-0.4, -0.2) is 25.5 Å². The molecule has 0 unspecified atom stereocenters. The number of hydrogen-bond acceptors (Lipinski definition) is 5. The van der Waals surface area contributed by atoms with E-state index in [4.69, 9.17) is 11.6 Å². The van der Waals surface area contributed by atoms with E-state index in [0.717, 1.165) is 21.2 Å². The zero-order valence-electron chi connectivity index (χ0n) is 15.2. The molecule has 6 nitrogen and oxygen atoms in total. The van der Waals surface area contributed by atoms with E-state index in [0.29, 0.717) is 22.1 Å². The third-order valence-corrected chi connectivity index (χ3v) is 5.68. The maximum absolute atomic E-state index is 12.3. The molecule has 0 spiro atoms. The number of nitrogens with one attached hydrogen (secondary N) is 1. The summed E-state index contributed by atoms with van der Waals surface area (Å²) in [4.78, 5) is 22.0. The molecule has 1 amide bonds. The molecule has 2 heterocycles. The summed E-state index contributed by atoms with van der Waals surface area (Å²) in [6.07, 6.45) is 1.50. The zero-order valence-corrected chi connectivity index (χ0v) is 16.8. The highest BCUT2D eigenvalue weighted by Crippen LogP contribution is 2.31. The van der Waals surface area contributed by atoms with Gasteiger partial charge in [0.05, 0.1) is 0 Å². The number of halogens is 1. The lowest BCUT2D eigenvalue weighted by atomic mass is 10.2. The average molecular weight is 410 g/mol. The summed E-state index contributed by atoms with van der Waals surface area (Å²) >= 11 is 7.53. The van der Waals surface area contributed by atoms with E-state index >= 15 is 0 Å². The highest BCUT2D eigenvalue weighted by atomic mass is 35.5. The molecule has 28 heavy (non-hydrogen) atoms. The van der Waals surface area contributed by atoms with Crippen LogP contribution in [0.2, 0.25) is 5.02 Å².